The van der Waals surface area contributed by atoms with Gasteiger partial charge in [0, 0.05) is 40.0 Å². The first-order valence-electron chi connectivity index (χ1n) is 14.5. The van der Waals surface area contributed by atoms with Gasteiger partial charge in [-0.15, -0.1) is 0 Å². The zero-order valence-electron chi connectivity index (χ0n) is 24.0. The molecule has 0 atom stereocenters. The van der Waals surface area contributed by atoms with Crippen LogP contribution in [0.2, 0.25) is 5.02 Å². The number of hydrogen-bond donors (Lipinski definition) is 3. The molecule has 0 saturated heterocycles. The summed E-state index contributed by atoms with van der Waals surface area (Å²) in [6.07, 6.45) is 6.06. The van der Waals surface area contributed by atoms with E-state index in [0.717, 1.165) is 64.5 Å². The van der Waals surface area contributed by atoms with Crippen molar-refractivity contribution in [1.82, 2.24) is 20.1 Å². The molecule has 0 aliphatic heterocycles. The molecule has 0 aliphatic carbocycles. The van der Waals surface area contributed by atoms with E-state index in [1.807, 2.05) is 17.7 Å². The van der Waals surface area contributed by atoms with Crippen molar-refractivity contribution in [2.75, 3.05) is 6.54 Å². The number of aryl methyl sites for hydroxylation is 1. The van der Waals surface area contributed by atoms with Crippen LogP contribution in [0.1, 0.15) is 60.1 Å². The number of aliphatic carboxylic acids is 1. The quantitative estimate of drug-likeness (QED) is 0.119. The Hall–Kier alpha value is -4.43. The monoisotopic (exact) mass is 600 g/mol. The second-order valence-corrected chi connectivity index (χ2v) is 11.2. The lowest BCUT2D eigenvalue weighted by molar-refractivity contribution is -0.137. The van der Waals surface area contributed by atoms with Gasteiger partial charge in [0.1, 0.15) is 11.5 Å². The fourth-order valence-corrected chi connectivity index (χ4v) is 5.46. The topological polar surface area (TPSA) is 100 Å². The van der Waals surface area contributed by atoms with Crippen LogP contribution in [0.5, 0.6) is 0 Å². The van der Waals surface area contributed by atoms with Crippen molar-refractivity contribution in [2.45, 2.75) is 52.0 Å². The van der Waals surface area contributed by atoms with Crippen LogP contribution < -0.4 is 5.32 Å². The number of aromatic nitrogens is 3. The molecular weight excluding hydrogens is 567 g/mol. The number of carboxylic acids is 1. The number of benzene rings is 3. The lowest BCUT2D eigenvalue weighted by atomic mass is 9.98. The second-order valence-electron chi connectivity index (χ2n) is 10.8. The molecule has 2 aromatic heterocycles. The summed E-state index contributed by atoms with van der Waals surface area (Å²) in [6.45, 7) is 3.00. The van der Waals surface area contributed by atoms with Crippen LogP contribution in [0, 0.1) is 12.7 Å². The van der Waals surface area contributed by atoms with Crippen molar-refractivity contribution < 1.29 is 19.1 Å². The number of rotatable bonds is 13. The molecule has 0 radical (unpaired) electrons. The van der Waals surface area contributed by atoms with Gasteiger partial charge in [-0.3, -0.25) is 14.3 Å². The van der Waals surface area contributed by atoms with Gasteiger partial charge in [-0.25, -0.2) is 4.39 Å². The molecule has 5 aromatic rings. The van der Waals surface area contributed by atoms with E-state index in [4.69, 9.17) is 21.8 Å². The highest BCUT2D eigenvalue weighted by Gasteiger charge is 2.26. The molecule has 43 heavy (non-hydrogen) atoms. The number of carbonyl (C=O) groups is 2. The first kappa shape index (κ1) is 30.0. The molecule has 3 N–H and O–H groups in total. The summed E-state index contributed by atoms with van der Waals surface area (Å²) in [4.78, 5) is 27.7. The molecule has 7 nitrogen and oxygen atoms in total. The summed E-state index contributed by atoms with van der Waals surface area (Å²) in [6, 6.07) is 20.0. The maximum atomic E-state index is 13.9. The van der Waals surface area contributed by atoms with Crippen molar-refractivity contribution in [3.05, 3.63) is 101 Å². The smallest absolute Gasteiger partial charge is 0.303 e. The Morgan fingerprint density at radius 3 is 2.44 bits per heavy atom. The average Bonchev–Trinajstić information content (AvgIpc) is 3.56. The van der Waals surface area contributed by atoms with Gasteiger partial charge in [0.25, 0.3) is 5.91 Å². The summed E-state index contributed by atoms with van der Waals surface area (Å²) in [5, 5.41) is 18.0. The predicted octanol–water partition coefficient (Wildman–Crippen LogP) is 8.00. The Morgan fingerprint density at radius 2 is 1.70 bits per heavy atom. The predicted molar refractivity (Wildman–Crippen MR) is 168 cm³/mol. The number of halogens is 2. The van der Waals surface area contributed by atoms with E-state index in [9.17, 15) is 14.0 Å². The Balaban J connectivity index is 1.50. The van der Waals surface area contributed by atoms with Gasteiger partial charge in [-0.05, 0) is 55.2 Å². The van der Waals surface area contributed by atoms with E-state index >= 15 is 0 Å². The second kappa shape index (κ2) is 13.7. The van der Waals surface area contributed by atoms with Crippen LogP contribution in [0.4, 0.5) is 4.39 Å². The Bertz CT molecular complexity index is 1730. The summed E-state index contributed by atoms with van der Waals surface area (Å²) in [7, 11) is 0. The SMILES string of the molecule is Cc1ccc(Cn2ncc(-c3ccc(F)cc3)c2-c2c(C(=O)NCCCCCCCC(=O)O)[nH]c3cc(Cl)ccc23)cc1. The largest absolute Gasteiger partial charge is 0.481 e. The van der Waals surface area contributed by atoms with Gasteiger partial charge in [0.05, 0.1) is 18.4 Å². The number of nitrogens with one attached hydrogen (secondary N) is 2. The third-order valence-electron chi connectivity index (χ3n) is 7.53. The molecule has 0 unspecified atom stereocenters. The molecule has 3 aromatic carbocycles. The molecular formula is C34H34ClFN4O3. The molecule has 9 heteroatoms. The first-order chi connectivity index (χ1) is 20.8. The lowest BCUT2D eigenvalue weighted by Gasteiger charge is -2.13. The summed E-state index contributed by atoms with van der Waals surface area (Å²) < 4.78 is 15.8. The van der Waals surface area contributed by atoms with Crippen molar-refractivity contribution in [3.8, 4) is 22.4 Å². The van der Waals surface area contributed by atoms with Crippen LogP contribution in [-0.4, -0.2) is 38.3 Å². The minimum Gasteiger partial charge on any atom is -0.481 e. The van der Waals surface area contributed by atoms with Crippen molar-refractivity contribution in [3.63, 3.8) is 0 Å². The number of carbonyl (C=O) groups excluding carboxylic acids is 1. The zero-order chi connectivity index (χ0) is 30.3. The highest BCUT2D eigenvalue weighted by molar-refractivity contribution is 6.31. The fourth-order valence-electron chi connectivity index (χ4n) is 5.28. The lowest BCUT2D eigenvalue weighted by Crippen LogP contribution is -2.25. The van der Waals surface area contributed by atoms with Crippen LogP contribution in [0.25, 0.3) is 33.3 Å². The number of aromatic amines is 1. The zero-order valence-corrected chi connectivity index (χ0v) is 24.8. The first-order valence-corrected chi connectivity index (χ1v) is 14.9. The standard InChI is InChI=1S/C34H34ClFN4O3/c1-22-8-10-23(11-9-22)21-40-33(28(20-38-40)24-12-15-26(36)16-13-24)31-27-17-14-25(35)19-29(27)39-32(31)34(43)37-18-6-4-2-3-5-7-30(41)42/h8-17,19-20,39H,2-7,18,21H2,1H3,(H,37,43)(H,41,42). The average molecular weight is 601 g/mol. The normalized spacial score (nSPS) is 11.2. The maximum absolute atomic E-state index is 13.9. The minimum absolute atomic E-state index is 0.185. The number of hydrogen-bond acceptors (Lipinski definition) is 3. The minimum atomic E-state index is -0.773. The Labute approximate surface area is 254 Å². The summed E-state index contributed by atoms with van der Waals surface area (Å²) >= 11 is 6.34. The molecule has 0 saturated carbocycles. The van der Waals surface area contributed by atoms with Gasteiger partial charge in [0.2, 0.25) is 0 Å². The molecule has 222 valence electrons. The number of amides is 1. The van der Waals surface area contributed by atoms with Gasteiger partial charge >= 0.3 is 5.97 Å². The number of fused-ring (bicyclic) bond motifs is 1. The molecule has 0 fully saturated rings. The van der Waals surface area contributed by atoms with Crippen LogP contribution in [0.3, 0.4) is 0 Å². The Morgan fingerprint density at radius 1 is 0.977 bits per heavy atom. The molecule has 5 rings (SSSR count). The van der Waals surface area contributed by atoms with Crippen molar-refractivity contribution >= 4 is 34.4 Å². The van der Waals surface area contributed by atoms with Crippen LogP contribution in [-0.2, 0) is 11.3 Å². The van der Waals surface area contributed by atoms with E-state index in [0.29, 0.717) is 35.8 Å². The number of nitrogens with zero attached hydrogens (tertiary/aromatic N) is 2. The number of unbranched alkanes of at least 4 members (excludes halogenated alkanes) is 4. The third-order valence-corrected chi connectivity index (χ3v) is 7.76. The Kier molecular flexibility index (Phi) is 9.57. The van der Waals surface area contributed by atoms with Crippen molar-refractivity contribution in [1.29, 1.82) is 0 Å². The van der Waals surface area contributed by atoms with Crippen molar-refractivity contribution in [2.24, 2.45) is 0 Å². The van der Waals surface area contributed by atoms with Gasteiger partial charge in [-0.1, -0.05) is 78.9 Å². The highest BCUT2D eigenvalue weighted by Crippen LogP contribution is 2.40. The molecule has 0 spiro atoms. The summed E-state index contributed by atoms with van der Waals surface area (Å²) in [5.41, 5.74) is 6.32. The van der Waals surface area contributed by atoms with E-state index in [-0.39, 0.29) is 18.1 Å². The fraction of sp³-hybridized carbons (Fsp3) is 0.265. The van der Waals surface area contributed by atoms with E-state index in [1.54, 1.807) is 30.5 Å². The maximum Gasteiger partial charge on any atom is 0.303 e. The van der Waals surface area contributed by atoms with E-state index < -0.39 is 5.97 Å². The van der Waals surface area contributed by atoms with Gasteiger partial charge < -0.3 is 15.4 Å². The number of carboxylic acid groups (broad SMARTS) is 1. The van der Waals surface area contributed by atoms with E-state index in [1.165, 1.54) is 12.1 Å². The van der Waals surface area contributed by atoms with E-state index in [2.05, 4.69) is 34.6 Å². The van der Waals surface area contributed by atoms with Gasteiger partial charge in [-0.2, -0.15) is 5.10 Å². The number of H-pyrrole nitrogens is 1. The summed E-state index contributed by atoms with van der Waals surface area (Å²) in [5.74, 6) is -1.35. The van der Waals surface area contributed by atoms with Gasteiger partial charge in [0.15, 0.2) is 0 Å². The third kappa shape index (κ3) is 7.32. The highest BCUT2D eigenvalue weighted by atomic mass is 35.5. The van der Waals surface area contributed by atoms with Crippen LogP contribution >= 0.6 is 11.6 Å². The van der Waals surface area contributed by atoms with Crippen LogP contribution in [0.15, 0.2) is 72.9 Å². The molecule has 2 heterocycles. The molecule has 0 bridgehead atoms. The molecule has 1 amide bonds. The molecule has 0 aliphatic rings.